The van der Waals surface area contributed by atoms with Crippen molar-refractivity contribution in [3.05, 3.63) is 193 Å². The van der Waals surface area contributed by atoms with Crippen LogP contribution in [-0.2, 0) is 5.41 Å². The van der Waals surface area contributed by atoms with Gasteiger partial charge in [-0.05, 0) is 148 Å². The molecule has 0 aliphatic heterocycles. The van der Waals surface area contributed by atoms with E-state index in [4.69, 9.17) is 0 Å². The van der Waals surface area contributed by atoms with Gasteiger partial charge in [-0.2, -0.15) is 0 Å². The molecular formula is C51H36. The topological polar surface area (TPSA) is 0 Å². The van der Waals surface area contributed by atoms with E-state index in [1.165, 1.54) is 99.1 Å². The summed E-state index contributed by atoms with van der Waals surface area (Å²) in [5.41, 5.74) is 15.4. The van der Waals surface area contributed by atoms with Gasteiger partial charge in [0.25, 0.3) is 0 Å². The van der Waals surface area contributed by atoms with Crippen LogP contribution in [0.25, 0.3) is 88.0 Å². The molecular weight excluding hydrogens is 613 g/mol. The average molecular weight is 649 g/mol. The Balaban J connectivity index is 1.05. The average Bonchev–Trinajstić information content (AvgIpc) is 3.42. The number of fused-ring (bicyclic) bond motifs is 7. The van der Waals surface area contributed by atoms with Gasteiger partial charge in [-0.3, -0.25) is 0 Å². The molecule has 0 saturated heterocycles. The lowest BCUT2D eigenvalue weighted by Crippen LogP contribution is -2.14. The van der Waals surface area contributed by atoms with Crippen molar-refractivity contribution in [2.24, 2.45) is 0 Å². The quantitative estimate of drug-likeness (QED) is 0.167. The zero-order chi connectivity index (χ0) is 34.1. The molecule has 0 N–H and O–H groups in total. The summed E-state index contributed by atoms with van der Waals surface area (Å²) >= 11 is 0. The molecule has 1 aliphatic carbocycles. The summed E-state index contributed by atoms with van der Waals surface area (Å²) in [6.45, 7) is 4.73. The van der Waals surface area contributed by atoms with Crippen LogP contribution in [0.4, 0.5) is 0 Å². The van der Waals surface area contributed by atoms with E-state index in [0.29, 0.717) is 0 Å². The second-order valence-electron chi connectivity index (χ2n) is 14.6. The normalized spacial score (nSPS) is 13.1. The Kier molecular flexibility index (Phi) is 6.63. The van der Waals surface area contributed by atoms with Crippen molar-refractivity contribution in [3.63, 3.8) is 0 Å². The molecule has 0 heterocycles. The van der Waals surface area contributed by atoms with Crippen LogP contribution in [0.3, 0.4) is 0 Å². The summed E-state index contributed by atoms with van der Waals surface area (Å²) in [6.07, 6.45) is 0. The van der Waals surface area contributed by atoms with Crippen LogP contribution < -0.4 is 0 Å². The molecule has 0 nitrogen and oxygen atoms in total. The maximum atomic E-state index is 2.47. The van der Waals surface area contributed by atoms with Crippen LogP contribution in [0.5, 0.6) is 0 Å². The van der Waals surface area contributed by atoms with Crippen molar-refractivity contribution in [3.8, 4) is 55.6 Å². The summed E-state index contributed by atoms with van der Waals surface area (Å²) in [6, 6.07) is 67.5. The zero-order valence-electron chi connectivity index (χ0n) is 28.8. The van der Waals surface area contributed by atoms with Crippen LogP contribution in [0.1, 0.15) is 25.0 Å². The third-order valence-electron chi connectivity index (χ3n) is 11.2. The lowest BCUT2D eigenvalue weighted by Gasteiger charge is -2.22. The third kappa shape index (κ3) is 4.90. The third-order valence-corrected chi connectivity index (χ3v) is 11.2. The first-order valence-corrected chi connectivity index (χ1v) is 17.9. The predicted molar refractivity (Wildman–Crippen MR) is 218 cm³/mol. The maximum absolute atomic E-state index is 2.47. The van der Waals surface area contributed by atoms with Gasteiger partial charge in [-0.1, -0.05) is 147 Å². The largest absolute Gasteiger partial charge is 0.0622 e. The molecule has 9 aromatic carbocycles. The van der Waals surface area contributed by atoms with Gasteiger partial charge in [-0.25, -0.2) is 0 Å². The van der Waals surface area contributed by atoms with Gasteiger partial charge in [0.15, 0.2) is 0 Å². The van der Waals surface area contributed by atoms with E-state index in [0.717, 1.165) is 0 Å². The summed E-state index contributed by atoms with van der Waals surface area (Å²) in [4.78, 5) is 0. The molecule has 0 radical (unpaired) electrons. The van der Waals surface area contributed by atoms with Crippen LogP contribution in [0, 0.1) is 0 Å². The summed E-state index contributed by atoms with van der Waals surface area (Å²) < 4.78 is 0. The number of hydrogen-bond acceptors (Lipinski definition) is 0. The molecule has 0 amide bonds. The van der Waals surface area contributed by atoms with E-state index in [1.807, 2.05) is 0 Å². The standard InChI is InChI=1S/C51H36/c1-51(2)49-16-10-9-15-45(49)48-31-41-24-18-35-17-19-40(30-46(35)47(41)32-50(48)51)38-21-20-37-26-39(23-22-36(37)25-38)44-28-42(33-11-5-3-6-12-33)27-43(29-44)34-13-7-4-8-14-34/h3-32H,1-2H3. The van der Waals surface area contributed by atoms with Crippen LogP contribution in [0.15, 0.2) is 182 Å². The van der Waals surface area contributed by atoms with E-state index in [-0.39, 0.29) is 5.41 Å². The minimum Gasteiger partial charge on any atom is -0.0622 e. The van der Waals surface area contributed by atoms with Gasteiger partial charge >= 0.3 is 0 Å². The molecule has 0 saturated carbocycles. The Labute approximate surface area is 299 Å². The number of hydrogen-bond donors (Lipinski definition) is 0. The first-order chi connectivity index (χ1) is 25.0. The maximum Gasteiger partial charge on any atom is 0.0159 e. The van der Waals surface area contributed by atoms with Gasteiger partial charge in [0, 0.05) is 5.41 Å². The van der Waals surface area contributed by atoms with E-state index >= 15 is 0 Å². The van der Waals surface area contributed by atoms with Crippen LogP contribution in [0.2, 0.25) is 0 Å². The van der Waals surface area contributed by atoms with E-state index < -0.39 is 0 Å². The van der Waals surface area contributed by atoms with Gasteiger partial charge < -0.3 is 0 Å². The monoisotopic (exact) mass is 648 g/mol. The number of rotatable bonds is 4. The van der Waals surface area contributed by atoms with Crippen LogP contribution in [-0.4, -0.2) is 0 Å². The van der Waals surface area contributed by atoms with Gasteiger partial charge in [-0.15, -0.1) is 0 Å². The SMILES string of the molecule is CC1(C)c2ccccc2-c2cc3ccc4ccc(-c5ccc6cc(-c7cc(-c8ccccc8)cc(-c8ccccc8)c7)ccc6c5)cc4c3cc21. The second kappa shape index (κ2) is 11.4. The van der Waals surface area contributed by atoms with E-state index in [1.54, 1.807) is 0 Å². The van der Waals surface area contributed by atoms with Crippen molar-refractivity contribution in [2.75, 3.05) is 0 Å². The highest BCUT2D eigenvalue weighted by molar-refractivity contribution is 6.11. The van der Waals surface area contributed by atoms with Crippen molar-refractivity contribution in [2.45, 2.75) is 19.3 Å². The van der Waals surface area contributed by atoms with Crippen molar-refractivity contribution < 1.29 is 0 Å². The van der Waals surface area contributed by atoms with Gasteiger partial charge in [0.05, 0.1) is 0 Å². The molecule has 0 spiro atoms. The fourth-order valence-electron chi connectivity index (χ4n) is 8.42. The highest BCUT2D eigenvalue weighted by Crippen LogP contribution is 2.50. The second-order valence-corrected chi connectivity index (χ2v) is 14.6. The molecule has 9 aromatic rings. The first kappa shape index (κ1) is 29.7. The van der Waals surface area contributed by atoms with Gasteiger partial charge in [0.1, 0.15) is 0 Å². The molecule has 0 heteroatoms. The molecule has 51 heavy (non-hydrogen) atoms. The van der Waals surface area contributed by atoms with Crippen LogP contribution >= 0.6 is 0 Å². The molecule has 0 atom stereocenters. The molecule has 0 aromatic heterocycles. The summed E-state index contributed by atoms with van der Waals surface area (Å²) in [5.74, 6) is 0. The minimum absolute atomic E-state index is 0.0247. The number of benzene rings is 9. The Bertz CT molecular complexity index is 2750. The van der Waals surface area contributed by atoms with Gasteiger partial charge in [0.2, 0.25) is 0 Å². The Morgan fingerprint density at radius 2 is 0.745 bits per heavy atom. The summed E-state index contributed by atoms with van der Waals surface area (Å²) in [5, 5.41) is 7.69. The smallest absolute Gasteiger partial charge is 0.0159 e. The zero-order valence-corrected chi connectivity index (χ0v) is 28.8. The Morgan fingerprint density at radius 1 is 0.275 bits per heavy atom. The molecule has 1 aliphatic rings. The first-order valence-electron chi connectivity index (χ1n) is 17.9. The molecule has 10 rings (SSSR count). The highest BCUT2D eigenvalue weighted by atomic mass is 14.4. The fourth-order valence-corrected chi connectivity index (χ4v) is 8.42. The minimum atomic E-state index is -0.0247. The van der Waals surface area contributed by atoms with Crippen molar-refractivity contribution in [1.29, 1.82) is 0 Å². The fraction of sp³-hybridized carbons (Fsp3) is 0.0588. The lowest BCUT2D eigenvalue weighted by atomic mass is 9.81. The molecule has 0 unspecified atom stereocenters. The molecule has 240 valence electrons. The Morgan fingerprint density at radius 3 is 1.39 bits per heavy atom. The Hall–Kier alpha value is -6.24. The van der Waals surface area contributed by atoms with Crippen molar-refractivity contribution in [1.82, 2.24) is 0 Å². The summed E-state index contributed by atoms with van der Waals surface area (Å²) in [7, 11) is 0. The van der Waals surface area contributed by atoms with Crippen molar-refractivity contribution >= 4 is 32.3 Å². The lowest BCUT2D eigenvalue weighted by molar-refractivity contribution is 0.661. The highest BCUT2D eigenvalue weighted by Gasteiger charge is 2.35. The molecule has 0 fully saturated rings. The predicted octanol–water partition coefficient (Wildman–Crippen LogP) is 14.1. The molecule has 0 bridgehead atoms. The van der Waals surface area contributed by atoms with E-state index in [9.17, 15) is 0 Å². The van der Waals surface area contributed by atoms with E-state index in [2.05, 4.69) is 196 Å².